The number of anilines is 3. The Morgan fingerprint density at radius 3 is 2.43 bits per heavy atom. The number of hydrogen-bond acceptors (Lipinski definition) is 7. The lowest BCUT2D eigenvalue weighted by Gasteiger charge is -2.13. The Balaban J connectivity index is 1.26. The maximum Gasteiger partial charge on any atom is 0.276 e. The van der Waals surface area contributed by atoms with Crippen molar-refractivity contribution >= 4 is 51.6 Å². The molecule has 0 aliphatic rings. The van der Waals surface area contributed by atoms with Gasteiger partial charge in [-0.25, -0.2) is 15.0 Å². The summed E-state index contributed by atoms with van der Waals surface area (Å²) in [7, 11) is 0. The van der Waals surface area contributed by atoms with E-state index >= 15 is 0 Å². The van der Waals surface area contributed by atoms with E-state index in [1.165, 1.54) is 0 Å². The molecular formula is C32H34N10O2. The smallest absolute Gasteiger partial charge is 0.276 e. The first-order chi connectivity index (χ1) is 21.3. The third kappa shape index (κ3) is 5.61. The van der Waals surface area contributed by atoms with Gasteiger partial charge in [0.05, 0.1) is 27.8 Å². The van der Waals surface area contributed by atoms with Crippen LogP contribution in [0.1, 0.15) is 51.9 Å². The van der Waals surface area contributed by atoms with E-state index in [2.05, 4.69) is 43.3 Å². The molecule has 2 amide bonds. The first-order valence-electron chi connectivity index (χ1n) is 14.6. The summed E-state index contributed by atoms with van der Waals surface area (Å²) in [6.07, 6.45) is 3.35. The summed E-state index contributed by atoms with van der Waals surface area (Å²) in [5.41, 5.74) is 11.6. The van der Waals surface area contributed by atoms with Crippen molar-refractivity contribution in [1.82, 2.24) is 33.9 Å². The van der Waals surface area contributed by atoms with Gasteiger partial charge in [0.1, 0.15) is 11.5 Å². The Kier molecular flexibility index (Phi) is 7.80. The molecular weight excluding hydrogens is 556 g/mol. The van der Waals surface area contributed by atoms with Crippen molar-refractivity contribution in [2.75, 3.05) is 10.6 Å². The number of nitrogens with two attached hydrogens (primary N) is 1. The molecule has 4 aromatic heterocycles. The summed E-state index contributed by atoms with van der Waals surface area (Å²) in [6.45, 7) is 7.74. The number of fused-ring (bicyclic) bond motifs is 2. The molecule has 0 spiro atoms. The van der Waals surface area contributed by atoms with Gasteiger partial charge in [-0.15, -0.1) is 0 Å². The van der Waals surface area contributed by atoms with Gasteiger partial charge in [-0.05, 0) is 81.6 Å². The zero-order valence-electron chi connectivity index (χ0n) is 24.9. The molecule has 0 aliphatic carbocycles. The molecule has 12 heteroatoms. The third-order valence-corrected chi connectivity index (χ3v) is 7.58. The number of nitrogens with one attached hydrogen (secondary N) is 2. The standard InChI is InChI=1S/C32H34N10O2/c1-4-42-26(18-21(3)39-42)30(44)38-32-36-24-19-22(29(33)43)13-14-25(24)40(32)16-7-8-17-41-28-20(2)10-9-11-23(28)35-31(41)37-27-12-5-6-15-34-27/h5-6,9-15,18-19H,4,7-8,16-17H2,1-3H3,(H2,33,43)(H,34,35,37)(H,36,38,44). The topological polar surface area (TPSA) is 151 Å². The van der Waals surface area contributed by atoms with E-state index in [0.29, 0.717) is 42.4 Å². The highest BCUT2D eigenvalue weighted by Crippen LogP contribution is 2.27. The maximum atomic E-state index is 13.3. The number of primary amides is 1. The van der Waals surface area contributed by atoms with Crippen LogP contribution in [0.4, 0.5) is 17.7 Å². The minimum absolute atomic E-state index is 0.301. The van der Waals surface area contributed by atoms with E-state index in [1.807, 2.05) is 54.8 Å². The lowest BCUT2D eigenvalue weighted by atomic mass is 10.2. The molecule has 0 atom stereocenters. The minimum Gasteiger partial charge on any atom is -0.366 e. The third-order valence-electron chi connectivity index (χ3n) is 7.58. The quantitative estimate of drug-likeness (QED) is 0.176. The number of hydrogen-bond donors (Lipinski definition) is 3. The van der Waals surface area contributed by atoms with Gasteiger partial charge in [-0.3, -0.25) is 19.6 Å². The molecule has 0 radical (unpaired) electrons. The van der Waals surface area contributed by atoms with Crippen LogP contribution in [0.25, 0.3) is 22.1 Å². The zero-order chi connectivity index (χ0) is 30.8. The fourth-order valence-corrected chi connectivity index (χ4v) is 5.51. The predicted octanol–water partition coefficient (Wildman–Crippen LogP) is 5.19. The largest absolute Gasteiger partial charge is 0.366 e. The average molecular weight is 591 g/mol. The number of unbranched alkanes of at least 4 members (excludes halogenated alkanes) is 1. The maximum absolute atomic E-state index is 13.3. The fraction of sp³-hybridized carbons (Fsp3) is 0.250. The van der Waals surface area contributed by atoms with Crippen molar-refractivity contribution in [2.45, 2.75) is 53.2 Å². The van der Waals surface area contributed by atoms with Crippen molar-refractivity contribution in [1.29, 1.82) is 0 Å². The molecule has 0 unspecified atom stereocenters. The Labute approximate surface area is 253 Å². The molecule has 4 heterocycles. The highest BCUT2D eigenvalue weighted by molar-refractivity contribution is 6.03. The summed E-state index contributed by atoms with van der Waals surface area (Å²) < 4.78 is 5.83. The van der Waals surface area contributed by atoms with Gasteiger partial charge in [-0.1, -0.05) is 18.2 Å². The van der Waals surface area contributed by atoms with E-state index in [9.17, 15) is 9.59 Å². The molecule has 224 valence electrons. The molecule has 0 saturated carbocycles. The molecule has 6 aromatic rings. The molecule has 0 fully saturated rings. The van der Waals surface area contributed by atoms with Crippen molar-refractivity contribution in [3.63, 3.8) is 0 Å². The Morgan fingerprint density at radius 1 is 0.886 bits per heavy atom. The van der Waals surface area contributed by atoms with E-state index in [4.69, 9.17) is 10.7 Å². The average Bonchev–Trinajstić information content (AvgIpc) is 3.68. The van der Waals surface area contributed by atoms with Crippen LogP contribution < -0.4 is 16.4 Å². The number of rotatable bonds is 11. The Morgan fingerprint density at radius 2 is 1.68 bits per heavy atom. The lowest BCUT2D eigenvalue weighted by Crippen LogP contribution is -2.20. The van der Waals surface area contributed by atoms with E-state index in [1.54, 1.807) is 29.1 Å². The zero-order valence-corrected chi connectivity index (χ0v) is 24.9. The number of aryl methyl sites for hydroxylation is 5. The van der Waals surface area contributed by atoms with Crippen LogP contribution in [0, 0.1) is 13.8 Å². The number of para-hydroxylation sites is 1. The number of aromatic nitrogens is 7. The van der Waals surface area contributed by atoms with Crippen LogP contribution in [0.3, 0.4) is 0 Å². The van der Waals surface area contributed by atoms with Crippen LogP contribution in [0.2, 0.25) is 0 Å². The van der Waals surface area contributed by atoms with Crippen molar-refractivity contribution < 1.29 is 9.59 Å². The number of carbonyl (C=O) groups excluding carboxylic acids is 2. The van der Waals surface area contributed by atoms with Gasteiger partial charge in [0.15, 0.2) is 0 Å². The first kappa shape index (κ1) is 28.6. The Hall–Kier alpha value is -5.52. The number of pyridine rings is 1. The highest BCUT2D eigenvalue weighted by Gasteiger charge is 2.19. The normalized spacial score (nSPS) is 11.3. The first-order valence-corrected chi connectivity index (χ1v) is 14.6. The van der Waals surface area contributed by atoms with Crippen LogP contribution in [0.15, 0.2) is 66.9 Å². The summed E-state index contributed by atoms with van der Waals surface area (Å²) in [6, 6.07) is 18.7. The Bertz CT molecular complexity index is 1990. The van der Waals surface area contributed by atoms with Gasteiger partial charge < -0.3 is 20.2 Å². The van der Waals surface area contributed by atoms with Gasteiger partial charge in [0.25, 0.3) is 5.91 Å². The van der Waals surface area contributed by atoms with Crippen molar-refractivity contribution in [3.8, 4) is 0 Å². The van der Waals surface area contributed by atoms with Gasteiger partial charge in [-0.2, -0.15) is 5.10 Å². The van der Waals surface area contributed by atoms with Crippen LogP contribution in [-0.4, -0.2) is 45.7 Å². The molecule has 2 aromatic carbocycles. The van der Waals surface area contributed by atoms with Gasteiger partial charge >= 0.3 is 0 Å². The molecule has 0 saturated heterocycles. The van der Waals surface area contributed by atoms with Crippen molar-refractivity contribution in [2.24, 2.45) is 5.73 Å². The SMILES string of the molecule is CCn1nc(C)cc1C(=O)Nc1nc2cc(C(N)=O)ccc2n1CCCCn1c(Nc2ccccn2)nc2cccc(C)c21. The fourth-order valence-electron chi connectivity index (χ4n) is 5.51. The molecule has 0 aliphatic heterocycles. The number of amides is 2. The number of imidazole rings is 2. The highest BCUT2D eigenvalue weighted by atomic mass is 16.2. The molecule has 6 rings (SSSR count). The monoisotopic (exact) mass is 590 g/mol. The summed E-state index contributed by atoms with van der Waals surface area (Å²) >= 11 is 0. The number of benzene rings is 2. The molecule has 0 bridgehead atoms. The van der Waals surface area contributed by atoms with Crippen LogP contribution in [-0.2, 0) is 19.6 Å². The van der Waals surface area contributed by atoms with Crippen molar-refractivity contribution in [3.05, 3.63) is 89.4 Å². The number of nitrogens with zero attached hydrogens (tertiary/aromatic N) is 7. The summed E-state index contributed by atoms with van der Waals surface area (Å²) in [5.74, 6) is 1.02. The van der Waals surface area contributed by atoms with Gasteiger partial charge in [0, 0.05) is 31.4 Å². The molecule has 44 heavy (non-hydrogen) atoms. The minimum atomic E-state index is -0.535. The van der Waals surface area contributed by atoms with Crippen LogP contribution >= 0.6 is 0 Å². The van der Waals surface area contributed by atoms with E-state index in [-0.39, 0.29) is 5.91 Å². The predicted molar refractivity (Wildman–Crippen MR) is 170 cm³/mol. The summed E-state index contributed by atoms with van der Waals surface area (Å²) in [5, 5.41) is 10.7. The second kappa shape index (κ2) is 12.0. The second-order valence-electron chi connectivity index (χ2n) is 10.7. The van der Waals surface area contributed by atoms with E-state index < -0.39 is 5.91 Å². The number of carbonyl (C=O) groups is 2. The summed E-state index contributed by atoms with van der Waals surface area (Å²) in [4.78, 5) is 39.1. The van der Waals surface area contributed by atoms with Crippen LogP contribution in [0.5, 0.6) is 0 Å². The van der Waals surface area contributed by atoms with E-state index in [0.717, 1.165) is 52.4 Å². The lowest BCUT2D eigenvalue weighted by molar-refractivity contribution is 0.0996. The molecule has 4 N–H and O–H groups in total. The second-order valence-corrected chi connectivity index (χ2v) is 10.7. The van der Waals surface area contributed by atoms with Gasteiger partial charge in [0.2, 0.25) is 17.8 Å². The molecule has 12 nitrogen and oxygen atoms in total.